The van der Waals surface area contributed by atoms with E-state index in [1.807, 2.05) is 0 Å². The van der Waals surface area contributed by atoms with Gasteiger partial charge in [0.25, 0.3) is 5.91 Å². The number of rotatable bonds is 5. The van der Waals surface area contributed by atoms with Crippen molar-refractivity contribution < 1.29 is 22.4 Å². The first-order valence-electron chi connectivity index (χ1n) is 7.74. The van der Waals surface area contributed by atoms with Crippen molar-refractivity contribution in [3.8, 4) is 5.69 Å². The minimum Gasteiger partial charge on any atom is -0.348 e. The number of halogens is 5. The highest BCUT2D eigenvalue weighted by Crippen LogP contribution is 2.35. The molecule has 0 saturated heterocycles. The van der Waals surface area contributed by atoms with Gasteiger partial charge in [-0.05, 0) is 30.9 Å². The molecule has 1 aromatic heterocycles. The molecule has 3 N–H and O–H groups in total. The van der Waals surface area contributed by atoms with Gasteiger partial charge in [0.05, 0.1) is 11.8 Å². The second-order valence-corrected chi connectivity index (χ2v) is 5.92. The SMILES string of the molecule is Cl.NCC(NC(=O)c1cnn(-c2ccccc2F)c1C(F)(F)F)C1CC1. The van der Waals surface area contributed by atoms with Gasteiger partial charge in [0.15, 0.2) is 5.69 Å². The molecule has 1 unspecified atom stereocenters. The Morgan fingerprint density at radius 1 is 1.35 bits per heavy atom. The molecular formula is C16H17ClF4N4O. The zero-order chi connectivity index (χ0) is 18.2. The van der Waals surface area contributed by atoms with Crippen molar-refractivity contribution in [2.45, 2.75) is 25.1 Å². The summed E-state index contributed by atoms with van der Waals surface area (Å²) in [6.07, 6.45) is -2.33. The topological polar surface area (TPSA) is 72.9 Å². The fourth-order valence-electron chi connectivity index (χ4n) is 2.71. The van der Waals surface area contributed by atoms with Crippen molar-refractivity contribution in [2.75, 3.05) is 6.54 Å². The quantitative estimate of drug-likeness (QED) is 0.768. The van der Waals surface area contributed by atoms with Gasteiger partial charge in [-0.25, -0.2) is 9.07 Å². The van der Waals surface area contributed by atoms with Crippen LogP contribution in [0.3, 0.4) is 0 Å². The van der Waals surface area contributed by atoms with Crippen LogP contribution in [0.2, 0.25) is 0 Å². The van der Waals surface area contributed by atoms with Crippen LogP contribution >= 0.6 is 12.4 Å². The summed E-state index contributed by atoms with van der Waals surface area (Å²) in [6, 6.07) is 4.54. The van der Waals surface area contributed by atoms with Gasteiger partial charge in [0, 0.05) is 12.6 Å². The highest BCUT2D eigenvalue weighted by Gasteiger charge is 2.42. The summed E-state index contributed by atoms with van der Waals surface area (Å²) in [5.74, 6) is -1.61. The Labute approximate surface area is 153 Å². The van der Waals surface area contributed by atoms with E-state index in [1.54, 1.807) is 0 Å². The van der Waals surface area contributed by atoms with Crippen molar-refractivity contribution in [1.29, 1.82) is 0 Å². The molecule has 1 heterocycles. The van der Waals surface area contributed by atoms with Crippen molar-refractivity contribution in [2.24, 2.45) is 11.7 Å². The summed E-state index contributed by atoms with van der Waals surface area (Å²) >= 11 is 0. The van der Waals surface area contributed by atoms with Crippen LogP contribution in [0.1, 0.15) is 28.9 Å². The van der Waals surface area contributed by atoms with Crippen molar-refractivity contribution in [1.82, 2.24) is 15.1 Å². The maximum absolute atomic E-state index is 13.9. The Morgan fingerprint density at radius 3 is 2.54 bits per heavy atom. The predicted octanol–water partition coefficient (Wildman–Crippen LogP) is 2.92. The van der Waals surface area contributed by atoms with Crippen LogP contribution in [0.25, 0.3) is 5.69 Å². The third-order valence-electron chi connectivity index (χ3n) is 4.12. The fourth-order valence-corrected chi connectivity index (χ4v) is 2.71. The van der Waals surface area contributed by atoms with Crippen LogP contribution in [0.15, 0.2) is 30.5 Å². The van der Waals surface area contributed by atoms with Gasteiger partial charge in [-0.2, -0.15) is 18.3 Å². The Balaban J connectivity index is 0.00000243. The molecule has 1 aromatic carbocycles. The van der Waals surface area contributed by atoms with E-state index < -0.39 is 29.2 Å². The summed E-state index contributed by atoms with van der Waals surface area (Å²) in [6.45, 7) is 0.138. The Kier molecular flexibility index (Phi) is 5.92. The third kappa shape index (κ3) is 3.99. The van der Waals surface area contributed by atoms with Gasteiger partial charge in [0.2, 0.25) is 0 Å². The van der Waals surface area contributed by atoms with Gasteiger partial charge in [-0.15, -0.1) is 12.4 Å². The molecule has 0 radical (unpaired) electrons. The second kappa shape index (κ2) is 7.63. The molecule has 0 spiro atoms. The summed E-state index contributed by atoms with van der Waals surface area (Å²) in [7, 11) is 0. The first kappa shape index (κ1) is 20.2. The Hall–Kier alpha value is -2.13. The van der Waals surface area contributed by atoms with Gasteiger partial charge in [-0.3, -0.25) is 4.79 Å². The van der Waals surface area contributed by atoms with Gasteiger partial charge < -0.3 is 11.1 Å². The number of nitrogens with one attached hydrogen (secondary N) is 1. The standard InChI is InChI=1S/C16H16F4N4O.ClH/c17-11-3-1-2-4-13(11)24-14(16(18,19)20)10(8-22-24)15(25)23-12(7-21)9-5-6-9;/h1-4,8-9,12H,5-7,21H2,(H,23,25);1H. The van der Waals surface area contributed by atoms with Crippen LogP contribution in [0.5, 0.6) is 0 Å². The predicted molar refractivity (Wildman–Crippen MR) is 88.8 cm³/mol. The van der Waals surface area contributed by atoms with E-state index in [1.165, 1.54) is 12.1 Å². The lowest BCUT2D eigenvalue weighted by atomic mass is 10.1. The average Bonchev–Trinajstić information content (AvgIpc) is 3.29. The molecule has 10 heteroatoms. The average molecular weight is 393 g/mol. The molecule has 26 heavy (non-hydrogen) atoms. The molecular weight excluding hydrogens is 376 g/mol. The lowest BCUT2D eigenvalue weighted by molar-refractivity contribution is -0.143. The molecule has 1 saturated carbocycles. The van der Waals surface area contributed by atoms with Gasteiger partial charge >= 0.3 is 6.18 Å². The molecule has 1 aliphatic carbocycles. The Morgan fingerprint density at radius 2 is 2.00 bits per heavy atom. The van der Waals surface area contributed by atoms with Gasteiger partial charge in [0.1, 0.15) is 11.5 Å². The number of amides is 1. The fraction of sp³-hybridized carbons (Fsp3) is 0.375. The van der Waals surface area contributed by atoms with Crippen LogP contribution in [0.4, 0.5) is 17.6 Å². The van der Waals surface area contributed by atoms with E-state index >= 15 is 0 Å². The highest BCUT2D eigenvalue weighted by atomic mass is 35.5. The zero-order valence-electron chi connectivity index (χ0n) is 13.5. The molecule has 3 rings (SSSR count). The highest BCUT2D eigenvalue weighted by molar-refractivity contribution is 5.95. The third-order valence-corrected chi connectivity index (χ3v) is 4.12. The summed E-state index contributed by atoms with van der Waals surface area (Å²) in [5, 5.41) is 6.12. The number of benzene rings is 1. The number of nitrogens with zero attached hydrogens (tertiary/aromatic N) is 2. The van der Waals surface area contributed by atoms with Crippen LogP contribution < -0.4 is 11.1 Å². The number of aromatic nitrogens is 2. The smallest absolute Gasteiger partial charge is 0.348 e. The second-order valence-electron chi connectivity index (χ2n) is 5.92. The van der Waals surface area contributed by atoms with Crippen molar-refractivity contribution in [3.63, 3.8) is 0 Å². The maximum atomic E-state index is 13.9. The molecule has 142 valence electrons. The van der Waals surface area contributed by atoms with Crippen molar-refractivity contribution >= 4 is 18.3 Å². The minimum absolute atomic E-state index is 0. The van der Waals surface area contributed by atoms with E-state index in [2.05, 4.69) is 10.4 Å². The first-order chi connectivity index (χ1) is 11.8. The Bertz CT molecular complexity index is 789. The maximum Gasteiger partial charge on any atom is 0.434 e. The van der Waals surface area contributed by atoms with E-state index in [-0.39, 0.29) is 36.6 Å². The molecule has 0 aliphatic heterocycles. The number of hydrogen-bond donors (Lipinski definition) is 2. The summed E-state index contributed by atoms with van der Waals surface area (Å²) < 4.78 is 54.9. The number of nitrogens with two attached hydrogens (primary N) is 1. The number of alkyl halides is 3. The summed E-state index contributed by atoms with van der Waals surface area (Å²) in [5.41, 5.74) is 3.21. The minimum atomic E-state index is -4.89. The molecule has 1 atom stereocenters. The summed E-state index contributed by atoms with van der Waals surface area (Å²) in [4.78, 5) is 12.3. The largest absolute Gasteiger partial charge is 0.434 e. The molecule has 1 amide bonds. The van der Waals surface area contributed by atoms with Crippen LogP contribution in [0, 0.1) is 11.7 Å². The van der Waals surface area contributed by atoms with Gasteiger partial charge in [-0.1, -0.05) is 12.1 Å². The lowest BCUT2D eigenvalue weighted by Crippen LogP contribution is -2.42. The number of carbonyl (C=O) groups excluding carboxylic acids is 1. The monoisotopic (exact) mass is 392 g/mol. The van der Waals surface area contributed by atoms with E-state index in [0.717, 1.165) is 31.2 Å². The number of carbonyl (C=O) groups is 1. The molecule has 1 aliphatic rings. The lowest BCUT2D eigenvalue weighted by Gasteiger charge is -2.17. The van der Waals surface area contributed by atoms with E-state index in [0.29, 0.717) is 4.68 Å². The van der Waals surface area contributed by atoms with Crippen molar-refractivity contribution in [3.05, 3.63) is 47.5 Å². The number of para-hydroxylation sites is 1. The molecule has 1 fully saturated rings. The molecule has 0 bridgehead atoms. The van der Waals surface area contributed by atoms with Crippen LogP contribution in [-0.4, -0.2) is 28.3 Å². The molecule has 2 aromatic rings. The number of hydrogen-bond acceptors (Lipinski definition) is 3. The zero-order valence-corrected chi connectivity index (χ0v) is 14.3. The van der Waals surface area contributed by atoms with E-state index in [9.17, 15) is 22.4 Å². The van der Waals surface area contributed by atoms with E-state index in [4.69, 9.17) is 5.73 Å². The molecule has 5 nitrogen and oxygen atoms in total. The first-order valence-corrected chi connectivity index (χ1v) is 7.74. The van der Waals surface area contributed by atoms with Crippen LogP contribution in [-0.2, 0) is 6.18 Å². The normalized spacial score (nSPS) is 15.3.